The van der Waals surface area contributed by atoms with E-state index >= 15 is 0 Å². The van der Waals surface area contributed by atoms with Crippen molar-refractivity contribution in [2.24, 2.45) is 0 Å². The normalized spacial score (nSPS) is 9.73. The van der Waals surface area contributed by atoms with Gasteiger partial charge in [-0.2, -0.15) is 4.39 Å². The monoisotopic (exact) mass is 213 g/mol. The highest BCUT2D eigenvalue weighted by molar-refractivity contribution is 5.90. The number of carbonyl (C=O) groups is 1. The van der Waals surface area contributed by atoms with Gasteiger partial charge < -0.3 is 4.74 Å². The minimum Gasteiger partial charge on any atom is -0.462 e. The lowest BCUT2D eigenvalue weighted by Gasteiger charge is -2.02. The van der Waals surface area contributed by atoms with Crippen molar-refractivity contribution in [3.63, 3.8) is 0 Å². The number of carbonyl (C=O) groups excluding carboxylic acids is 1. The Morgan fingerprint density at radius 3 is 2.80 bits per heavy atom. The molecule has 0 fully saturated rings. The number of hydrogen-bond donors (Lipinski definition) is 0. The van der Waals surface area contributed by atoms with E-state index in [-0.39, 0.29) is 6.61 Å². The van der Waals surface area contributed by atoms with Crippen molar-refractivity contribution in [3.8, 4) is 0 Å². The van der Waals surface area contributed by atoms with Gasteiger partial charge in [0.25, 0.3) is 0 Å². The molecular formula is C9H8FNO4. The fourth-order valence-corrected chi connectivity index (χ4v) is 1.03. The molecule has 0 N–H and O–H groups in total. The predicted octanol–water partition coefficient (Wildman–Crippen LogP) is 1.91. The summed E-state index contributed by atoms with van der Waals surface area (Å²) in [5.74, 6) is -2.07. The van der Waals surface area contributed by atoms with Crippen LogP contribution in [0.25, 0.3) is 0 Å². The fourth-order valence-electron chi connectivity index (χ4n) is 1.03. The van der Waals surface area contributed by atoms with E-state index in [2.05, 4.69) is 4.74 Å². The molecule has 0 aliphatic heterocycles. The molecule has 0 spiro atoms. The van der Waals surface area contributed by atoms with Crippen LogP contribution in [0.15, 0.2) is 18.2 Å². The smallest absolute Gasteiger partial charge is 0.341 e. The van der Waals surface area contributed by atoms with Gasteiger partial charge in [0.1, 0.15) is 5.56 Å². The molecule has 0 unspecified atom stereocenters. The van der Waals surface area contributed by atoms with Crippen molar-refractivity contribution in [2.45, 2.75) is 6.92 Å². The van der Waals surface area contributed by atoms with E-state index in [0.29, 0.717) is 0 Å². The van der Waals surface area contributed by atoms with E-state index in [1.165, 1.54) is 6.07 Å². The summed E-state index contributed by atoms with van der Waals surface area (Å²) in [5.41, 5.74) is -1.16. The number of hydrogen-bond acceptors (Lipinski definition) is 4. The third-order valence-electron chi connectivity index (χ3n) is 1.67. The van der Waals surface area contributed by atoms with Crippen LogP contribution in [0.4, 0.5) is 10.1 Å². The van der Waals surface area contributed by atoms with Crippen molar-refractivity contribution >= 4 is 11.7 Å². The number of halogens is 1. The number of ether oxygens (including phenoxy) is 1. The van der Waals surface area contributed by atoms with Gasteiger partial charge in [-0.05, 0) is 13.0 Å². The minimum absolute atomic E-state index is 0.0843. The van der Waals surface area contributed by atoms with Crippen LogP contribution in [-0.4, -0.2) is 17.5 Å². The van der Waals surface area contributed by atoms with Gasteiger partial charge in [0, 0.05) is 6.07 Å². The average Bonchev–Trinajstić information content (AvgIpc) is 2.17. The summed E-state index contributed by atoms with van der Waals surface area (Å²) >= 11 is 0. The number of esters is 1. The van der Waals surface area contributed by atoms with Crippen molar-refractivity contribution in [1.82, 2.24) is 0 Å². The highest BCUT2D eigenvalue weighted by Crippen LogP contribution is 2.20. The Bertz CT molecular complexity index is 405. The van der Waals surface area contributed by atoms with Crippen LogP contribution >= 0.6 is 0 Å². The average molecular weight is 213 g/mol. The first-order valence-corrected chi connectivity index (χ1v) is 4.18. The van der Waals surface area contributed by atoms with Gasteiger partial charge >= 0.3 is 11.7 Å². The molecule has 1 aromatic carbocycles. The first-order valence-electron chi connectivity index (χ1n) is 4.18. The summed E-state index contributed by atoms with van der Waals surface area (Å²) in [6.45, 7) is 1.65. The highest BCUT2D eigenvalue weighted by Gasteiger charge is 2.22. The summed E-state index contributed by atoms with van der Waals surface area (Å²) in [6.07, 6.45) is 0. The molecule has 0 aromatic heterocycles. The maximum absolute atomic E-state index is 13.4. The Balaban J connectivity index is 3.15. The molecule has 0 aliphatic carbocycles. The number of nitrogens with zero attached hydrogens (tertiary/aromatic N) is 1. The Hall–Kier alpha value is -1.98. The van der Waals surface area contributed by atoms with Crippen LogP contribution in [0, 0.1) is 15.9 Å². The standard InChI is InChI=1S/C9H8FNO4/c1-2-15-9(12)6-4-3-5-7(8(6)10)11(13)14/h3-5H,2H2,1H3. The molecule has 6 heteroatoms. The Kier molecular flexibility index (Phi) is 3.33. The molecule has 0 saturated carbocycles. The maximum Gasteiger partial charge on any atom is 0.341 e. The second kappa shape index (κ2) is 4.50. The molecule has 0 radical (unpaired) electrons. The third kappa shape index (κ3) is 2.28. The molecule has 0 amide bonds. The molecule has 0 aliphatic rings. The Morgan fingerprint density at radius 2 is 2.27 bits per heavy atom. The second-order valence-corrected chi connectivity index (χ2v) is 2.62. The van der Waals surface area contributed by atoms with E-state index in [1.54, 1.807) is 6.92 Å². The van der Waals surface area contributed by atoms with Crippen molar-refractivity contribution in [1.29, 1.82) is 0 Å². The first kappa shape index (κ1) is 11.1. The summed E-state index contributed by atoms with van der Waals surface area (Å²) in [5, 5.41) is 10.4. The second-order valence-electron chi connectivity index (χ2n) is 2.62. The minimum atomic E-state index is -1.17. The Morgan fingerprint density at radius 1 is 1.60 bits per heavy atom. The largest absolute Gasteiger partial charge is 0.462 e. The number of nitro groups is 1. The lowest BCUT2D eigenvalue weighted by atomic mass is 10.2. The van der Waals surface area contributed by atoms with E-state index < -0.39 is 28.0 Å². The summed E-state index contributed by atoms with van der Waals surface area (Å²) < 4.78 is 17.9. The van der Waals surface area contributed by atoms with Crippen molar-refractivity contribution in [2.75, 3.05) is 6.61 Å². The molecule has 1 aromatic rings. The zero-order valence-electron chi connectivity index (χ0n) is 7.90. The zero-order valence-corrected chi connectivity index (χ0v) is 7.90. The van der Waals surface area contributed by atoms with E-state index in [0.717, 1.165) is 12.1 Å². The molecular weight excluding hydrogens is 205 g/mol. The quantitative estimate of drug-likeness (QED) is 0.437. The topological polar surface area (TPSA) is 69.4 Å². The van der Waals surface area contributed by atoms with Gasteiger partial charge in [0.2, 0.25) is 5.82 Å². The van der Waals surface area contributed by atoms with Gasteiger partial charge in [0.15, 0.2) is 0 Å². The van der Waals surface area contributed by atoms with Crippen LogP contribution in [-0.2, 0) is 4.74 Å². The fraction of sp³-hybridized carbons (Fsp3) is 0.222. The lowest BCUT2D eigenvalue weighted by molar-refractivity contribution is -0.387. The summed E-state index contributed by atoms with van der Waals surface area (Å²) in [6, 6.07) is 3.35. The summed E-state index contributed by atoms with van der Waals surface area (Å²) in [7, 11) is 0. The zero-order chi connectivity index (χ0) is 11.4. The lowest BCUT2D eigenvalue weighted by Crippen LogP contribution is -2.08. The molecule has 80 valence electrons. The first-order chi connectivity index (χ1) is 7.07. The van der Waals surface area contributed by atoms with E-state index in [4.69, 9.17) is 0 Å². The van der Waals surface area contributed by atoms with E-state index in [1.807, 2.05) is 0 Å². The maximum atomic E-state index is 13.4. The van der Waals surface area contributed by atoms with Gasteiger partial charge in [-0.3, -0.25) is 10.1 Å². The van der Waals surface area contributed by atoms with Gasteiger partial charge in [0.05, 0.1) is 11.5 Å². The number of benzene rings is 1. The molecule has 0 bridgehead atoms. The SMILES string of the molecule is CCOC(=O)c1cccc([N+](=O)[O-])c1F. The molecule has 5 nitrogen and oxygen atoms in total. The molecule has 0 atom stereocenters. The van der Waals surface area contributed by atoms with Crippen LogP contribution in [0.5, 0.6) is 0 Å². The van der Waals surface area contributed by atoms with E-state index in [9.17, 15) is 19.3 Å². The highest BCUT2D eigenvalue weighted by atomic mass is 19.1. The Labute approximate surface area is 84.6 Å². The summed E-state index contributed by atoms with van der Waals surface area (Å²) in [4.78, 5) is 20.6. The van der Waals surface area contributed by atoms with Crippen LogP contribution < -0.4 is 0 Å². The molecule has 1 rings (SSSR count). The van der Waals surface area contributed by atoms with Gasteiger partial charge in [-0.1, -0.05) is 6.07 Å². The predicted molar refractivity (Wildman–Crippen MR) is 49.0 cm³/mol. The van der Waals surface area contributed by atoms with Crippen LogP contribution in [0.3, 0.4) is 0 Å². The molecule has 15 heavy (non-hydrogen) atoms. The van der Waals surface area contributed by atoms with Gasteiger partial charge in [-0.25, -0.2) is 4.79 Å². The van der Waals surface area contributed by atoms with Crippen molar-refractivity contribution in [3.05, 3.63) is 39.7 Å². The third-order valence-corrected chi connectivity index (χ3v) is 1.67. The van der Waals surface area contributed by atoms with Crippen LogP contribution in [0.1, 0.15) is 17.3 Å². The number of rotatable bonds is 3. The van der Waals surface area contributed by atoms with Crippen molar-refractivity contribution < 1.29 is 18.8 Å². The van der Waals surface area contributed by atoms with Gasteiger partial charge in [-0.15, -0.1) is 0 Å². The molecule has 0 heterocycles. The number of nitro benzene ring substituents is 1. The molecule has 0 saturated heterocycles. The van der Waals surface area contributed by atoms with Crippen LogP contribution in [0.2, 0.25) is 0 Å².